The van der Waals surface area contributed by atoms with Crippen LogP contribution >= 0.6 is 0 Å². The molecule has 0 aliphatic carbocycles. The highest BCUT2D eigenvalue weighted by Crippen LogP contribution is 2.31. The highest BCUT2D eigenvalue weighted by atomic mass is 15.2. The van der Waals surface area contributed by atoms with Crippen LogP contribution in [0.5, 0.6) is 0 Å². The molecular formula is C36H28N6. The van der Waals surface area contributed by atoms with Crippen molar-refractivity contribution in [2.45, 2.75) is 13.8 Å². The minimum Gasteiger partial charge on any atom is -0.224 e. The maximum Gasteiger partial charge on any atom is 0.182 e. The third-order valence-electron chi connectivity index (χ3n) is 6.85. The molecule has 42 heavy (non-hydrogen) atoms. The Morgan fingerprint density at radius 2 is 0.905 bits per heavy atom. The zero-order chi connectivity index (χ0) is 28.7. The maximum atomic E-state index is 4.97. The van der Waals surface area contributed by atoms with Gasteiger partial charge < -0.3 is 0 Å². The van der Waals surface area contributed by atoms with Crippen molar-refractivity contribution in [3.8, 4) is 56.5 Å². The van der Waals surface area contributed by atoms with Crippen LogP contribution in [0.15, 0.2) is 133 Å². The van der Waals surface area contributed by atoms with Crippen molar-refractivity contribution in [1.29, 1.82) is 0 Å². The second-order valence-electron chi connectivity index (χ2n) is 9.58. The summed E-state index contributed by atoms with van der Waals surface area (Å²) in [5.41, 5.74) is 8.65. The second kappa shape index (κ2) is 12.3. The van der Waals surface area contributed by atoms with Crippen LogP contribution in [-0.2, 0) is 0 Å². The first kappa shape index (κ1) is 26.6. The van der Waals surface area contributed by atoms with E-state index in [2.05, 4.69) is 20.4 Å². The largest absolute Gasteiger partial charge is 0.224 e. The third kappa shape index (κ3) is 5.51. The topological polar surface area (TPSA) is 77.3 Å². The normalized spacial score (nSPS) is 11.6. The molecule has 0 amide bonds. The smallest absolute Gasteiger partial charge is 0.182 e. The molecule has 0 saturated carbocycles. The van der Waals surface area contributed by atoms with Gasteiger partial charge >= 0.3 is 0 Å². The van der Waals surface area contributed by atoms with Crippen molar-refractivity contribution >= 4 is 5.57 Å². The molecular weight excluding hydrogens is 516 g/mol. The highest BCUT2D eigenvalue weighted by molar-refractivity contribution is 5.82. The summed E-state index contributed by atoms with van der Waals surface area (Å²) in [6.07, 6.45) is 6.08. The molecule has 2 aromatic heterocycles. The lowest BCUT2D eigenvalue weighted by Gasteiger charge is -2.11. The first-order valence-electron chi connectivity index (χ1n) is 13.8. The Kier molecular flexibility index (Phi) is 7.77. The number of aromatic nitrogens is 6. The van der Waals surface area contributed by atoms with Crippen LogP contribution in [0, 0.1) is 0 Å². The van der Waals surface area contributed by atoms with Gasteiger partial charge in [-0.2, -0.15) is 0 Å². The van der Waals surface area contributed by atoms with E-state index < -0.39 is 0 Å². The molecule has 4 aromatic carbocycles. The first-order chi connectivity index (χ1) is 20.7. The summed E-state index contributed by atoms with van der Waals surface area (Å²) < 4.78 is 0. The number of nitrogens with zero attached hydrogens (tertiary/aromatic N) is 6. The molecule has 0 aliphatic rings. The standard InChI is InChI=1S/C36H28N6/c1-3-14-25(4-2)31-33(27-17-10-6-11-18-27)39-41-35(37-31)29-21-23-30(24-22-29)36-38-32(26-15-8-5-9-16-26)34(40-42-36)28-19-12-7-13-20-28/h3-24H,1-2H3/b14-3-,25-4+. The SMILES string of the molecule is C/C=C\C(=C/C)c1nc(-c2ccc(-c3nnc(-c4ccccc4)c(-c4ccccc4)n3)cc2)nnc1-c1ccccc1. The van der Waals surface area contributed by atoms with Crippen LogP contribution in [0.2, 0.25) is 0 Å². The fourth-order valence-electron chi connectivity index (χ4n) is 4.74. The van der Waals surface area contributed by atoms with Crippen molar-refractivity contribution in [3.05, 3.63) is 139 Å². The summed E-state index contributed by atoms with van der Waals surface area (Å²) >= 11 is 0. The van der Waals surface area contributed by atoms with Gasteiger partial charge in [-0.1, -0.05) is 133 Å². The molecule has 0 radical (unpaired) electrons. The molecule has 6 aromatic rings. The van der Waals surface area contributed by atoms with Crippen LogP contribution in [0.3, 0.4) is 0 Å². The van der Waals surface area contributed by atoms with Crippen molar-refractivity contribution in [2.24, 2.45) is 0 Å². The van der Waals surface area contributed by atoms with Crippen molar-refractivity contribution in [2.75, 3.05) is 0 Å². The van der Waals surface area contributed by atoms with E-state index in [0.717, 1.165) is 56.2 Å². The Morgan fingerprint density at radius 1 is 0.452 bits per heavy atom. The summed E-state index contributed by atoms with van der Waals surface area (Å²) in [7, 11) is 0. The van der Waals surface area contributed by atoms with Gasteiger partial charge in [0.05, 0.1) is 0 Å². The van der Waals surface area contributed by atoms with Gasteiger partial charge in [0.15, 0.2) is 11.6 Å². The van der Waals surface area contributed by atoms with Crippen LogP contribution in [-0.4, -0.2) is 30.4 Å². The number of allylic oxidation sites excluding steroid dienone is 4. The third-order valence-corrected chi connectivity index (χ3v) is 6.85. The molecule has 6 rings (SSSR count). The summed E-state index contributed by atoms with van der Waals surface area (Å²) in [6.45, 7) is 3.99. The number of hydrogen-bond acceptors (Lipinski definition) is 6. The lowest BCUT2D eigenvalue weighted by molar-refractivity contribution is 0.976. The van der Waals surface area contributed by atoms with Gasteiger partial charge in [0.2, 0.25) is 0 Å². The highest BCUT2D eigenvalue weighted by Gasteiger charge is 2.17. The van der Waals surface area contributed by atoms with Crippen LogP contribution in [0.1, 0.15) is 19.5 Å². The van der Waals surface area contributed by atoms with Crippen molar-refractivity contribution < 1.29 is 0 Å². The van der Waals surface area contributed by atoms with Gasteiger partial charge in [-0.3, -0.25) is 0 Å². The molecule has 6 nitrogen and oxygen atoms in total. The van der Waals surface area contributed by atoms with E-state index in [9.17, 15) is 0 Å². The molecule has 6 heteroatoms. The van der Waals surface area contributed by atoms with Crippen LogP contribution in [0.4, 0.5) is 0 Å². The summed E-state index contributed by atoms with van der Waals surface area (Å²) in [6, 6.07) is 38.0. The zero-order valence-electron chi connectivity index (χ0n) is 23.4. The lowest BCUT2D eigenvalue weighted by atomic mass is 10.0. The summed E-state index contributed by atoms with van der Waals surface area (Å²) in [5, 5.41) is 18.3. The van der Waals surface area contributed by atoms with Gasteiger partial charge in [0.25, 0.3) is 0 Å². The molecule has 0 aliphatic heterocycles. The quantitative estimate of drug-likeness (QED) is 0.188. The molecule has 0 fully saturated rings. The Labute approximate surface area is 245 Å². The molecule has 0 saturated heterocycles. The van der Waals surface area contributed by atoms with Crippen LogP contribution in [0.25, 0.3) is 62.1 Å². The molecule has 0 atom stereocenters. The molecule has 202 valence electrons. The average molecular weight is 545 g/mol. The zero-order valence-corrected chi connectivity index (χ0v) is 23.4. The Bertz CT molecular complexity index is 1860. The number of hydrogen-bond donors (Lipinski definition) is 0. The van der Waals surface area contributed by atoms with Gasteiger partial charge in [0.1, 0.15) is 22.8 Å². The minimum absolute atomic E-state index is 0.545. The lowest BCUT2D eigenvalue weighted by Crippen LogP contribution is -2.02. The van der Waals surface area contributed by atoms with Gasteiger partial charge in [-0.05, 0) is 19.4 Å². The van der Waals surface area contributed by atoms with Gasteiger partial charge in [0, 0.05) is 27.8 Å². The van der Waals surface area contributed by atoms with Crippen molar-refractivity contribution in [1.82, 2.24) is 30.4 Å². The van der Waals surface area contributed by atoms with E-state index in [-0.39, 0.29) is 0 Å². The van der Waals surface area contributed by atoms with E-state index in [0.29, 0.717) is 11.6 Å². The molecule has 2 heterocycles. The van der Waals surface area contributed by atoms with Gasteiger partial charge in [-0.25, -0.2) is 9.97 Å². The number of rotatable bonds is 7. The molecule has 0 unspecified atom stereocenters. The fourth-order valence-corrected chi connectivity index (χ4v) is 4.74. The maximum absolute atomic E-state index is 4.97. The second-order valence-corrected chi connectivity index (χ2v) is 9.58. The van der Waals surface area contributed by atoms with Crippen molar-refractivity contribution in [3.63, 3.8) is 0 Å². The summed E-state index contributed by atoms with van der Waals surface area (Å²) in [4.78, 5) is 9.95. The Balaban J connectivity index is 1.39. The Morgan fingerprint density at radius 3 is 1.40 bits per heavy atom. The van der Waals surface area contributed by atoms with E-state index in [1.54, 1.807) is 0 Å². The van der Waals surface area contributed by atoms with E-state index in [1.807, 2.05) is 147 Å². The monoisotopic (exact) mass is 544 g/mol. The first-order valence-corrected chi connectivity index (χ1v) is 13.8. The predicted molar refractivity (Wildman–Crippen MR) is 169 cm³/mol. The molecule has 0 bridgehead atoms. The Hall–Kier alpha value is -5.62. The van der Waals surface area contributed by atoms with Crippen LogP contribution < -0.4 is 0 Å². The average Bonchev–Trinajstić information content (AvgIpc) is 3.08. The predicted octanol–water partition coefficient (Wildman–Crippen LogP) is 8.37. The molecule has 0 N–H and O–H groups in total. The molecule has 0 spiro atoms. The van der Waals surface area contributed by atoms with Gasteiger partial charge in [-0.15, -0.1) is 20.4 Å². The summed E-state index contributed by atoms with van der Waals surface area (Å²) in [5.74, 6) is 1.09. The van der Waals surface area contributed by atoms with E-state index >= 15 is 0 Å². The van der Waals surface area contributed by atoms with E-state index in [4.69, 9.17) is 9.97 Å². The minimum atomic E-state index is 0.545. The van der Waals surface area contributed by atoms with E-state index in [1.165, 1.54) is 0 Å². The fraction of sp³-hybridized carbons (Fsp3) is 0.0556. The number of benzene rings is 4.